The lowest BCUT2D eigenvalue weighted by Crippen LogP contribution is -2.32. The molecule has 0 saturated carbocycles. The fraction of sp³-hybridized carbons (Fsp3) is 0.364. The van der Waals surface area contributed by atoms with Crippen LogP contribution in [0.3, 0.4) is 0 Å². The molecule has 0 unspecified atom stereocenters. The Morgan fingerprint density at radius 3 is 2.56 bits per heavy atom. The van der Waals surface area contributed by atoms with Crippen LogP contribution in [0.25, 0.3) is 0 Å². The summed E-state index contributed by atoms with van der Waals surface area (Å²) in [5, 5.41) is 12.6. The number of thioether (sulfide) groups is 1. The van der Waals surface area contributed by atoms with Crippen LogP contribution >= 0.6 is 11.8 Å². The summed E-state index contributed by atoms with van der Waals surface area (Å²) in [5.74, 6) is 0. The third kappa shape index (κ3) is 3.75. The van der Waals surface area contributed by atoms with E-state index >= 15 is 0 Å². The van der Waals surface area contributed by atoms with Crippen molar-refractivity contribution in [2.75, 3.05) is 18.1 Å². The molecule has 0 saturated heterocycles. The molecule has 0 spiro atoms. The highest BCUT2D eigenvalue weighted by Crippen LogP contribution is 2.17. The van der Waals surface area contributed by atoms with Gasteiger partial charge in [-0.15, -0.1) is 11.8 Å². The third-order valence-corrected chi connectivity index (χ3v) is 2.75. The normalized spacial score (nSPS) is 9.94. The molecule has 0 bridgehead atoms. The van der Waals surface area contributed by atoms with Gasteiger partial charge in [0.2, 0.25) is 0 Å². The third-order valence-electron chi connectivity index (χ3n) is 2.01. The number of carbonyl (C=O) groups excluding carboxylic acids is 1. The minimum Gasteiger partial charge on any atom is -0.306 e. The van der Waals surface area contributed by atoms with Gasteiger partial charge in [0.25, 0.3) is 0 Å². The Balaban J connectivity index is 2.55. The van der Waals surface area contributed by atoms with Crippen molar-refractivity contribution in [3.63, 3.8) is 0 Å². The highest BCUT2D eigenvalue weighted by atomic mass is 32.2. The molecule has 0 aliphatic carbocycles. The minimum atomic E-state index is -0.501. The molecule has 4 nitrogen and oxygen atoms in total. The van der Waals surface area contributed by atoms with Crippen molar-refractivity contribution in [1.82, 2.24) is 5.06 Å². The van der Waals surface area contributed by atoms with Crippen LogP contribution in [0.5, 0.6) is 0 Å². The van der Waals surface area contributed by atoms with Crippen LogP contribution in [0.1, 0.15) is 13.3 Å². The predicted molar refractivity (Wildman–Crippen MR) is 66.0 cm³/mol. The number of nitrogens with zero attached hydrogens (tertiary/aromatic N) is 1. The number of carbonyl (C=O) groups is 1. The fourth-order valence-corrected chi connectivity index (χ4v) is 1.58. The molecule has 0 atom stereocenters. The Morgan fingerprint density at radius 2 is 2.06 bits per heavy atom. The average Bonchev–Trinajstić information content (AvgIpc) is 2.30. The Morgan fingerprint density at radius 1 is 1.44 bits per heavy atom. The molecule has 1 rings (SSSR count). The van der Waals surface area contributed by atoms with E-state index < -0.39 is 6.03 Å². The Bertz CT molecular complexity index is 340. The number of rotatable bonds is 4. The smallest absolute Gasteiger partial charge is 0.306 e. The van der Waals surface area contributed by atoms with Crippen LogP contribution in [0.4, 0.5) is 10.5 Å². The number of anilines is 1. The zero-order chi connectivity index (χ0) is 12.0. The Hall–Kier alpha value is -1.20. The zero-order valence-electron chi connectivity index (χ0n) is 9.43. The van der Waals surface area contributed by atoms with Crippen LogP contribution in [0.2, 0.25) is 0 Å². The maximum absolute atomic E-state index is 11.4. The van der Waals surface area contributed by atoms with E-state index in [-0.39, 0.29) is 0 Å². The van der Waals surface area contributed by atoms with E-state index in [2.05, 4.69) is 5.32 Å². The van der Waals surface area contributed by atoms with Gasteiger partial charge < -0.3 is 5.32 Å². The number of amides is 2. The first-order valence-electron chi connectivity index (χ1n) is 5.08. The van der Waals surface area contributed by atoms with E-state index in [9.17, 15) is 10.0 Å². The second-order valence-electron chi connectivity index (χ2n) is 3.28. The van der Waals surface area contributed by atoms with Crippen molar-refractivity contribution in [2.24, 2.45) is 0 Å². The number of hydrogen-bond donors (Lipinski definition) is 2. The average molecular weight is 240 g/mol. The molecule has 1 aromatic rings. The molecule has 0 fully saturated rings. The quantitative estimate of drug-likeness (QED) is 0.483. The van der Waals surface area contributed by atoms with E-state index in [1.807, 2.05) is 37.4 Å². The van der Waals surface area contributed by atoms with Crippen molar-refractivity contribution in [3.05, 3.63) is 24.3 Å². The highest BCUT2D eigenvalue weighted by molar-refractivity contribution is 7.98. The van der Waals surface area contributed by atoms with E-state index in [1.54, 1.807) is 11.8 Å². The van der Waals surface area contributed by atoms with E-state index in [0.717, 1.165) is 11.3 Å². The Kier molecular flexibility index (Phi) is 5.14. The van der Waals surface area contributed by atoms with Gasteiger partial charge >= 0.3 is 6.03 Å². The number of nitrogens with one attached hydrogen (secondary N) is 1. The topological polar surface area (TPSA) is 52.6 Å². The second-order valence-corrected chi connectivity index (χ2v) is 4.16. The van der Waals surface area contributed by atoms with Crippen molar-refractivity contribution in [2.45, 2.75) is 18.2 Å². The molecule has 0 heterocycles. The van der Waals surface area contributed by atoms with Crippen LogP contribution in [-0.4, -0.2) is 29.1 Å². The molecule has 2 amide bonds. The summed E-state index contributed by atoms with van der Waals surface area (Å²) in [5.41, 5.74) is 0.679. The highest BCUT2D eigenvalue weighted by Gasteiger charge is 2.08. The van der Waals surface area contributed by atoms with Gasteiger partial charge in [0.15, 0.2) is 0 Å². The van der Waals surface area contributed by atoms with Gasteiger partial charge in [-0.05, 0) is 36.9 Å². The monoisotopic (exact) mass is 240 g/mol. The minimum absolute atomic E-state index is 0.328. The standard InChI is InChI=1S/C11H16N2O2S/c1-3-8-13(15)11(14)12-9-4-6-10(16-2)7-5-9/h4-7,15H,3,8H2,1-2H3,(H,12,14). The lowest BCUT2D eigenvalue weighted by atomic mass is 10.3. The summed E-state index contributed by atoms with van der Waals surface area (Å²) < 4.78 is 0. The fourth-order valence-electron chi connectivity index (χ4n) is 1.18. The molecule has 16 heavy (non-hydrogen) atoms. The first kappa shape index (κ1) is 12.9. The van der Waals surface area contributed by atoms with Crippen molar-refractivity contribution in [3.8, 4) is 0 Å². The van der Waals surface area contributed by atoms with Gasteiger partial charge in [-0.3, -0.25) is 5.21 Å². The summed E-state index contributed by atoms with van der Waals surface area (Å²) in [7, 11) is 0. The lowest BCUT2D eigenvalue weighted by Gasteiger charge is -2.14. The number of hydrogen-bond acceptors (Lipinski definition) is 3. The lowest BCUT2D eigenvalue weighted by molar-refractivity contribution is -0.0368. The summed E-state index contributed by atoms with van der Waals surface area (Å²) in [6, 6.07) is 6.95. The molecule has 0 aromatic heterocycles. The maximum Gasteiger partial charge on any atom is 0.345 e. The maximum atomic E-state index is 11.4. The van der Waals surface area contributed by atoms with Gasteiger partial charge in [-0.1, -0.05) is 6.92 Å². The van der Waals surface area contributed by atoms with Gasteiger partial charge in [0, 0.05) is 17.1 Å². The molecule has 0 radical (unpaired) electrons. The van der Waals surface area contributed by atoms with E-state index in [1.165, 1.54) is 0 Å². The summed E-state index contributed by atoms with van der Waals surface area (Å²) in [4.78, 5) is 12.5. The predicted octanol–water partition coefficient (Wildman–Crippen LogP) is 3.04. The number of urea groups is 1. The second kappa shape index (κ2) is 6.40. The van der Waals surface area contributed by atoms with Gasteiger partial charge in [-0.2, -0.15) is 0 Å². The Labute approximate surface area is 99.6 Å². The van der Waals surface area contributed by atoms with Gasteiger partial charge in [0.1, 0.15) is 0 Å². The van der Waals surface area contributed by atoms with Crippen LogP contribution in [-0.2, 0) is 0 Å². The van der Waals surface area contributed by atoms with Crippen molar-refractivity contribution in [1.29, 1.82) is 0 Å². The molecule has 0 aliphatic heterocycles. The molecule has 2 N–H and O–H groups in total. The first-order chi connectivity index (χ1) is 7.67. The largest absolute Gasteiger partial charge is 0.345 e. The molecule has 0 aliphatic rings. The summed E-state index contributed by atoms with van der Waals surface area (Å²) in [6.07, 6.45) is 2.71. The zero-order valence-corrected chi connectivity index (χ0v) is 10.3. The molecule has 5 heteroatoms. The summed E-state index contributed by atoms with van der Waals surface area (Å²) >= 11 is 1.64. The summed E-state index contributed by atoms with van der Waals surface area (Å²) in [6.45, 7) is 2.22. The SMILES string of the molecule is CCCN(O)C(=O)Nc1ccc(SC)cc1. The van der Waals surface area contributed by atoms with Crippen LogP contribution in [0.15, 0.2) is 29.2 Å². The number of hydroxylamine groups is 2. The first-order valence-corrected chi connectivity index (χ1v) is 6.31. The number of benzene rings is 1. The van der Waals surface area contributed by atoms with E-state index in [0.29, 0.717) is 17.3 Å². The molecular weight excluding hydrogens is 224 g/mol. The van der Waals surface area contributed by atoms with Crippen molar-refractivity contribution < 1.29 is 10.0 Å². The van der Waals surface area contributed by atoms with E-state index in [4.69, 9.17) is 0 Å². The molecular formula is C11H16N2O2S. The molecule has 1 aromatic carbocycles. The van der Waals surface area contributed by atoms with Crippen molar-refractivity contribution >= 4 is 23.5 Å². The van der Waals surface area contributed by atoms with Gasteiger partial charge in [-0.25, -0.2) is 9.86 Å². The van der Waals surface area contributed by atoms with Crippen LogP contribution < -0.4 is 5.32 Å². The van der Waals surface area contributed by atoms with Crippen LogP contribution in [0, 0.1) is 0 Å². The van der Waals surface area contributed by atoms with Gasteiger partial charge in [0.05, 0.1) is 0 Å². The molecule has 88 valence electrons.